The first kappa shape index (κ1) is 11.3. The molecule has 0 radical (unpaired) electrons. The fourth-order valence-corrected chi connectivity index (χ4v) is 3.12. The van der Waals surface area contributed by atoms with Gasteiger partial charge in [0.2, 0.25) is 0 Å². The molecule has 0 aromatic heterocycles. The van der Waals surface area contributed by atoms with Crippen molar-refractivity contribution in [1.29, 1.82) is 0 Å². The van der Waals surface area contributed by atoms with Crippen LogP contribution in [-0.2, 0) is 6.42 Å². The Morgan fingerprint density at radius 1 is 1.06 bits per heavy atom. The van der Waals surface area contributed by atoms with E-state index in [0.717, 1.165) is 5.75 Å². The molecule has 0 N–H and O–H groups in total. The summed E-state index contributed by atoms with van der Waals surface area (Å²) in [5.41, 5.74) is 4.32. The quantitative estimate of drug-likeness (QED) is 0.768. The predicted molar refractivity (Wildman–Crippen MR) is 74.1 cm³/mol. The zero-order valence-electron chi connectivity index (χ0n) is 10.9. The van der Waals surface area contributed by atoms with Crippen molar-refractivity contribution in [1.82, 2.24) is 0 Å². The Morgan fingerprint density at radius 2 is 1.83 bits per heavy atom. The Morgan fingerprint density at radius 3 is 2.56 bits per heavy atom. The number of methoxy groups -OCH3 is 1. The highest BCUT2D eigenvalue weighted by atomic mass is 16.5. The largest absolute Gasteiger partial charge is 0.497 e. The van der Waals surface area contributed by atoms with E-state index in [-0.39, 0.29) is 0 Å². The number of benzene rings is 2. The van der Waals surface area contributed by atoms with Crippen LogP contribution >= 0.6 is 0 Å². The number of fused-ring (bicyclic) bond motifs is 1. The van der Waals surface area contributed by atoms with Gasteiger partial charge in [-0.3, -0.25) is 0 Å². The van der Waals surface area contributed by atoms with Crippen molar-refractivity contribution in [3.8, 4) is 5.75 Å². The maximum Gasteiger partial charge on any atom is 0.119 e. The molecule has 1 nitrogen and oxygen atoms in total. The minimum Gasteiger partial charge on any atom is -0.497 e. The molecule has 0 bridgehead atoms. The number of hydrogen-bond acceptors (Lipinski definition) is 1. The second-order valence-corrected chi connectivity index (χ2v) is 5.13. The molecule has 0 amide bonds. The van der Waals surface area contributed by atoms with Crippen LogP contribution in [0.4, 0.5) is 0 Å². The van der Waals surface area contributed by atoms with Gasteiger partial charge in [0.05, 0.1) is 7.11 Å². The monoisotopic (exact) mass is 238 g/mol. The van der Waals surface area contributed by atoms with E-state index in [1.165, 1.54) is 23.1 Å². The van der Waals surface area contributed by atoms with Gasteiger partial charge in [-0.05, 0) is 41.2 Å². The number of hydrogen-bond donors (Lipinski definition) is 0. The Hall–Kier alpha value is -1.76. The van der Waals surface area contributed by atoms with Crippen molar-refractivity contribution in [2.24, 2.45) is 5.92 Å². The van der Waals surface area contributed by atoms with Gasteiger partial charge < -0.3 is 4.74 Å². The highest BCUT2D eigenvalue weighted by molar-refractivity contribution is 5.46. The Kier molecular flexibility index (Phi) is 2.83. The van der Waals surface area contributed by atoms with Crippen molar-refractivity contribution in [2.45, 2.75) is 19.3 Å². The van der Waals surface area contributed by atoms with Crippen LogP contribution in [0, 0.1) is 5.92 Å². The Bertz CT molecular complexity index is 545. The second kappa shape index (κ2) is 4.49. The van der Waals surface area contributed by atoms with Crippen molar-refractivity contribution in [2.75, 3.05) is 7.11 Å². The fourth-order valence-electron chi connectivity index (χ4n) is 3.12. The standard InChI is InChI=1S/C17H18O/c1-12-10-14-8-9-15(18-2)11-16(14)17(12)13-6-4-3-5-7-13/h3-9,11-12,17H,10H2,1-2H3/t12-,17-/m0/s1. The summed E-state index contributed by atoms with van der Waals surface area (Å²) in [5.74, 6) is 2.13. The predicted octanol–water partition coefficient (Wildman–Crippen LogP) is 4.02. The van der Waals surface area contributed by atoms with Gasteiger partial charge in [0.25, 0.3) is 0 Å². The molecule has 2 aromatic rings. The average Bonchev–Trinajstić information content (AvgIpc) is 2.74. The molecule has 1 aliphatic rings. The molecular weight excluding hydrogens is 220 g/mol. The summed E-state index contributed by atoms with van der Waals surface area (Å²) in [6.07, 6.45) is 1.17. The van der Waals surface area contributed by atoms with Crippen LogP contribution in [0.1, 0.15) is 29.5 Å². The first-order valence-corrected chi connectivity index (χ1v) is 6.51. The van der Waals surface area contributed by atoms with E-state index in [2.05, 4.69) is 55.5 Å². The van der Waals surface area contributed by atoms with E-state index in [1.807, 2.05) is 0 Å². The van der Waals surface area contributed by atoms with Crippen LogP contribution in [0.3, 0.4) is 0 Å². The van der Waals surface area contributed by atoms with Gasteiger partial charge in [0, 0.05) is 5.92 Å². The van der Waals surface area contributed by atoms with E-state index in [9.17, 15) is 0 Å². The van der Waals surface area contributed by atoms with E-state index in [4.69, 9.17) is 4.74 Å². The van der Waals surface area contributed by atoms with Crippen LogP contribution in [0.25, 0.3) is 0 Å². The van der Waals surface area contributed by atoms with E-state index in [1.54, 1.807) is 7.11 Å². The van der Waals surface area contributed by atoms with Crippen molar-refractivity contribution >= 4 is 0 Å². The third-order valence-electron chi connectivity index (χ3n) is 3.96. The molecule has 0 unspecified atom stereocenters. The Balaban J connectivity index is 2.08. The maximum atomic E-state index is 5.36. The van der Waals surface area contributed by atoms with Gasteiger partial charge in [-0.15, -0.1) is 0 Å². The fraction of sp³-hybridized carbons (Fsp3) is 0.294. The highest BCUT2D eigenvalue weighted by Gasteiger charge is 2.30. The normalized spacial score (nSPS) is 21.7. The third kappa shape index (κ3) is 1.80. The molecule has 0 saturated carbocycles. The van der Waals surface area contributed by atoms with Gasteiger partial charge in [-0.25, -0.2) is 0 Å². The minimum absolute atomic E-state index is 0.510. The van der Waals surface area contributed by atoms with Crippen LogP contribution in [0.2, 0.25) is 0 Å². The van der Waals surface area contributed by atoms with Crippen molar-refractivity contribution in [3.05, 3.63) is 65.2 Å². The molecule has 2 aromatic carbocycles. The average molecular weight is 238 g/mol. The summed E-state index contributed by atoms with van der Waals surface area (Å²) >= 11 is 0. The topological polar surface area (TPSA) is 9.23 Å². The third-order valence-corrected chi connectivity index (χ3v) is 3.96. The summed E-state index contributed by atoms with van der Waals surface area (Å²) in [5, 5.41) is 0. The molecule has 0 fully saturated rings. The maximum absolute atomic E-state index is 5.36. The lowest BCUT2D eigenvalue weighted by Gasteiger charge is -2.17. The lowest BCUT2D eigenvalue weighted by Crippen LogP contribution is -2.05. The summed E-state index contributed by atoms with van der Waals surface area (Å²) in [7, 11) is 1.73. The summed E-state index contributed by atoms with van der Waals surface area (Å²) in [6, 6.07) is 17.3. The summed E-state index contributed by atoms with van der Waals surface area (Å²) in [6.45, 7) is 2.34. The molecule has 0 spiro atoms. The van der Waals surface area contributed by atoms with Crippen LogP contribution in [-0.4, -0.2) is 7.11 Å². The summed E-state index contributed by atoms with van der Waals surface area (Å²) in [4.78, 5) is 0. The van der Waals surface area contributed by atoms with Gasteiger partial charge in [0.15, 0.2) is 0 Å². The van der Waals surface area contributed by atoms with Crippen LogP contribution in [0.15, 0.2) is 48.5 Å². The summed E-state index contributed by atoms with van der Waals surface area (Å²) < 4.78 is 5.36. The molecule has 0 saturated heterocycles. The van der Waals surface area contributed by atoms with Crippen molar-refractivity contribution < 1.29 is 4.74 Å². The number of rotatable bonds is 2. The molecule has 18 heavy (non-hydrogen) atoms. The zero-order chi connectivity index (χ0) is 12.5. The lowest BCUT2D eigenvalue weighted by atomic mass is 9.87. The first-order chi connectivity index (χ1) is 8.79. The number of ether oxygens (including phenoxy) is 1. The van der Waals surface area contributed by atoms with Crippen LogP contribution < -0.4 is 4.74 Å². The van der Waals surface area contributed by atoms with E-state index in [0.29, 0.717) is 11.8 Å². The van der Waals surface area contributed by atoms with Gasteiger partial charge in [0.1, 0.15) is 5.75 Å². The van der Waals surface area contributed by atoms with E-state index >= 15 is 0 Å². The molecule has 1 aliphatic carbocycles. The molecule has 0 aliphatic heterocycles. The SMILES string of the molecule is COc1ccc2c(c1)[C@H](c1ccccc1)[C@@H](C)C2. The second-order valence-electron chi connectivity index (χ2n) is 5.13. The van der Waals surface area contributed by atoms with E-state index < -0.39 is 0 Å². The van der Waals surface area contributed by atoms with Crippen molar-refractivity contribution in [3.63, 3.8) is 0 Å². The molecule has 1 heteroatoms. The highest BCUT2D eigenvalue weighted by Crippen LogP contribution is 2.43. The molecule has 92 valence electrons. The molecule has 0 heterocycles. The molecule has 2 atom stereocenters. The minimum atomic E-state index is 0.510. The van der Waals surface area contributed by atoms with Gasteiger partial charge in [-0.2, -0.15) is 0 Å². The molecule has 3 rings (SSSR count). The first-order valence-electron chi connectivity index (χ1n) is 6.51. The van der Waals surface area contributed by atoms with Gasteiger partial charge >= 0.3 is 0 Å². The van der Waals surface area contributed by atoms with Crippen LogP contribution in [0.5, 0.6) is 5.75 Å². The van der Waals surface area contributed by atoms with Gasteiger partial charge in [-0.1, -0.05) is 43.3 Å². The zero-order valence-corrected chi connectivity index (χ0v) is 10.9. The lowest BCUT2D eigenvalue weighted by molar-refractivity contribution is 0.414. The molecular formula is C17H18O. The smallest absolute Gasteiger partial charge is 0.119 e. The Labute approximate surface area is 108 Å².